The Morgan fingerprint density at radius 3 is 2.43 bits per heavy atom. The molecule has 0 radical (unpaired) electrons. The van der Waals surface area contributed by atoms with Crippen molar-refractivity contribution in [3.05, 3.63) is 41.5 Å². The van der Waals surface area contributed by atoms with E-state index < -0.39 is 0 Å². The van der Waals surface area contributed by atoms with Gasteiger partial charge in [-0.05, 0) is 24.6 Å². The molecule has 0 saturated carbocycles. The minimum Gasteiger partial charge on any atom is -0.377 e. The van der Waals surface area contributed by atoms with Gasteiger partial charge in [0.2, 0.25) is 5.91 Å². The van der Waals surface area contributed by atoms with E-state index >= 15 is 0 Å². The number of anilines is 1. The zero-order valence-electron chi connectivity index (χ0n) is 16.7. The van der Waals surface area contributed by atoms with Crippen LogP contribution < -0.4 is 10.2 Å². The molecule has 3 amide bonds. The van der Waals surface area contributed by atoms with E-state index in [0.29, 0.717) is 22.9 Å². The van der Waals surface area contributed by atoms with Crippen LogP contribution in [0, 0.1) is 0 Å². The van der Waals surface area contributed by atoms with E-state index in [9.17, 15) is 14.4 Å². The highest BCUT2D eigenvalue weighted by Crippen LogP contribution is 2.35. The van der Waals surface area contributed by atoms with Crippen LogP contribution in [0.25, 0.3) is 10.8 Å². The Morgan fingerprint density at radius 1 is 1.04 bits per heavy atom. The fourth-order valence-electron chi connectivity index (χ4n) is 3.65. The Kier molecular flexibility index (Phi) is 5.97. The second-order valence-corrected chi connectivity index (χ2v) is 7.32. The molecule has 0 unspecified atom stereocenters. The normalized spacial score (nSPS) is 13.2. The van der Waals surface area contributed by atoms with Crippen LogP contribution in [-0.4, -0.2) is 49.8 Å². The van der Waals surface area contributed by atoms with E-state index in [4.69, 9.17) is 0 Å². The quantitative estimate of drug-likeness (QED) is 0.563. The average molecular weight is 381 g/mol. The summed E-state index contributed by atoms with van der Waals surface area (Å²) < 4.78 is 0. The maximum atomic E-state index is 13.0. The van der Waals surface area contributed by atoms with Crippen LogP contribution in [-0.2, 0) is 4.79 Å². The predicted molar refractivity (Wildman–Crippen MR) is 111 cm³/mol. The lowest BCUT2D eigenvalue weighted by atomic mass is 9.93. The molecule has 6 nitrogen and oxygen atoms in total. The van der Waals surface area contributed by atoms with E-state index in [1.165, 1.54) is 4.90 Å². The number of unbranched alkanes of at least 4 members (excludes halogenated alkanes) is 2. The lowest BCUT2D eigenvalue weighted by Crippen LogP contribution is -2.44. The van der Waals surface area contributed by atoms with Crippen molar-refractivity contribution in [1.82, 2.24) is 10.2 Å². The largest absolute Gasteiger partial charge is 0.377 e. The van der Waals surface area contributed by atoms with Crippen LogP contribution in [0.5, 0.6) is 0 Å². The van der Waals surface area contributed by atoms with Crippen molar-refractivity contribution in [2.24, 2.45) is 0 Å². The summed E-state index contributed by atoms with van der Waals surface area (Å²) in [5, 5.41) is 4.42. The number of carbonyl (C=O) groups is 3. The highest BCUT2D eigenvalue weighted by molar-refractivity contribution is 6.26. The van der Waals surface area contributed by atoms with E-state index in [1.807, 2.05) is 37.2 Å². The summed E-state index contributed by atoms with van der Waals surface area (Å²) in [5.74, 6) is -0.651. The molecule has 1 aliphatic heterocycles. The second-order valence-electron chi connectivity index (χ2n) is 7.32. The molecule has 0 bridgehead atoms. The second kappa shape index (κ2) is 8.42. The van der Waals surface area contributed by atoms with Gasteiger partial charge in [0.05, 0.1) is 0 Å². The number of rotatable bonds is 8. The molecule has 0 saturated heterocycles. The van der Waals surface area contributed by atoms with Crippen molar-refractivity contribution < 1.29 is 14.4 Å². The number of nitrogens with one attached hydrogen (secondary N) is 1. The first-order valence-corrected chi connectivity index (χ1v) is 9.81. The highest BCUT2D eigenvalue weighted by atomic mass is 16.2. The van der Waals surface area contributed by atoms with Crippen LogP contribution in [0.15, 0.2) is 30.3 Å². The van der Waals surface area contributed by atoms with Gasteiger partial charge in [-0.3, -0.25) is 19.3 Å². The number of hydrogen-bond donors (Lipinski definition) is 1. The molecule has 0 spiro atoms. The SMILES string of the molecule is CCCCCC(=O)NCCN1C(=O)c2cccc3c(N(C)C)ccc(c23)C1=O. The van der Waals surface area contributed by atoms with Gasteiger partial charge in [0, 0.05) is 61.2 Å². The third kappa shape index (κ3) is 3.72. The maximum absolute atomic E-state index is 13.0. The standard InChI is InChI=1S/C22H27N3O3/c1-4-5-6-10-19(26)23-13-14-25-21(27)16-9-7-8-15-18(24(2)3)12-11-17(20(15)16)22(25)28/h7-9,11-12H,4-6,10,13-14H2,1-3H3,(H,23,26). The van der Waals surface area contributed by atoms with Crippen LogP contribution in [0.2, 0.25) is 0 Å². The van der Waals surface area contributed by atoms with Gasteiger partial charge in [-0.25, -0.2) is 0 Å². The van der Waals surface area contributed by atoms with E-state index in [-0.39, 0.29) is 30.8 Å². The molecule has 0 aromatic heterocycles. The first-order chi connectivity index (χ1) is 13.5. The summed E-state index contributed by atoms with van der Waals surface area (Å²) in [6.07, 6.45) is 3.41. The number of carbonyl (C=O) groups excluding carboxylic acids is 3. The molecule has 28 heavy (non-hydrogen) atoms. The highest BCUT2D eigenvalue weighted by Gasteiger charge is 2.33. The molecular weight excluding hydrogens is 354 g/mol. The molecule has 1 aliphatic rings. The molecule has 6 heteroatoms. The molecule has 2 aromatic rings. The molecule has 0 aliphatic carbocycles. The Hall–Kier alpha value is -2.89. The molecule has 1 heterocycles. The van der Waals surface area contributed by atoms with Crippen molar-refractivity contribution in [3.8, 4) is 0 Å². The smallest absolute Gasteiger partial charge is 0.261 e. The Labute approximate surface area is 165 Å². The molecule has 148 valence electrons. The van der Waals surface area contributed by atoms with Crippen molar-refractivity contribution >= 4 is 34.2 Å². The molecule has 1 N–H and O–H groups in total. The van der Waals surface area contributed by atoms with Crippen LogP contribution in [0.1, 0.15) is 53.3 Å². The zero-order chi connectivity index (χ0) is 20.3. The zero-order valence-corrected chi connectivity index (χ0v) is 16.7. The fourth-order valence-corrected chi connectivity index (χ4v) is 3.65. The van der Waals surface area contributed by atoms with Crippen molar-refractivity contribution in [1.29, 1.82) is 0 Å². The summed E-state index contributed by atoms with van der Waals surface area (Å²) >= 11 is 0. The fraction of sp³-hybridized carbons (Fsp3) is 0.409. The summed E-state index contributed by atoms with van der Waals surface area (Å²) in [7, 11) is 3.87. The lowest BCUT2D eigenvalue weighted by molar-refractivity contribution is -0.121. The topological polar surface area (TPSA) is 69.7 Å². The van der Waals surface area contributed by atoms with Crippen LogP contribution >= 0.6 is 0 Å². The van der Waals surface area contributed by atoms with Gasteiger partial charge in [-0.2, -0.15) is 0 Å². The van der Waals surface area contributed by atoms with Gasteiger partial charge in [-0.15, -0.1) is 0 Å². The number of benzene rings is 2. The predicted octanol–water partition coefficient (Wildman–Crippen LogP) is 3.20. The average Bonchev–Trinajstić information content (AvgIpc) is 2.68. The van der Waals surface area contributed by atoms with Gasteiger partial charge in [0.15, 0.2) is 0 Å². The first kappa shape index (κ1) is 19.9. The molecule has 0 atom stereocenters. The van der Waals surface area contributed by atoms with Crippen molar-refractivity contribution in [2.45, 2.75) is 32.6 Å². The Morgan fingerprint density at radius 2 is 1.75 bits per heavy atom. The summed E-state index contributed by atoms with van der Waals surface area (Å²) in [6.45, 7) is 2.53. The molecular formula is C22H27N3O3. The molecule has 0 fully saturated rings. The number of amides is 3. The van der Waals surface area contributed by atoms with Gasteiger partial charge in [0.25, 0.3) is 11.8 Å². The first-order valence-electron chi connectivity index (χ1n) is 9.81. The molecule has 2 aromatic carbocycles. The maximum Gasteiger partial charge on any atom is 0.261 e. The van der Waals surface area contributed by atoms with Gasteiger partial charge >= 0.3 is 0 Å². The number of imide groups is 1. The minimum absolute atomic E-state index is 0.0384. The Balaban J connectivity index is 1.79. The summed E-state index contributed by atoms with van der Waals surface area (Å²) in [5.41, 5.74) is 2.03. The van der Waals surface area contributed by atoms with Gasteiger partial charge in [0.1, 0.15) is 0 Å². The van der Waals surface area contributed by atoms with Crippen molar-refractivity contribution in [2.75, 3.05) is 32.1 Å². The summed E-state index contributed by atoms with van der Waals surface area (Å²) in [4.78, 5) is 41.0. The van der Waals surface area contributed by atoms with Gasteiger partial charge in [-0.1, -0.05) is 31.9 Å². The Bertz CT molecular complexity index is 898. The van der Waals surface area contributed by atoms with E-state index in [0.717, 1.165) is 30.3 Å². The number of hydrogen-bond acceptors (Lipinski definition) is 4. The van der Waals surface area contributed by atoms with Crippen LogP contribution in [0.4, 0.5) is 5.69 Å². The summed E-state index contributed by atoms with van der Waals surface area (Å²) in [6, 6.07) is 9.23. The van der Waals surface area contributed by atoms with Crippen molar-refractivity contribution in [3.63, 3.8) is 0 Å². The number of nitrogens with zero attached hydrogens (tertiary/aromatic N) is 2. The minimum atomic E-state index is -0.306. The van der Waals surface area contributed by atoms with E-state index in [2.05, 4.69) is 12.2 Å². The molecule has 3 rings (SSSR count). The third-order valence-electron chi connectivity index (χ3n) is 5.12. The lowest BCUT2D eigenvalue weighted by Gasteiger charge is -2.28. The van der Waals surface area contributed by atoms with Crippen LogP contribution in [0.3, 0.4) is 0 Å². The monoisotopic (exact) mass is 381 g/mol. The van der Waals surface area contributed by atoms with Gasteiger partial charge < -0.3 is 10.2 Å². The third-order valence-corrected chi connectivity index (χ3v) is 5.12. The van der Waals surface area contributed by atoms with E-state index in [1.54, 1.807) is 12.1 Å².